The maximum atomic E-state index is 13.1. The molecular weight excluding hydrogens is 337 g/mol. The van der Waals surface area contributed by atoms with Gasteiger partial charge in [0.25, 0.3) is 0 Å². The van der Waals surface area contributed by atoms with Gasteiger partial charge in [0.2, 0.25) is 5.95 Å². The molecule has 7 heteroatoms. The number of halogens is 2. The van der Waals surface area contributed by atoms with Gasteiger partial charge in [-0.15, -0.1) is 0 Å². The topological polar surface area (TPSA) is 45.2 Å². The molecule has 1 fully saturated rings. The standard InChI is InChI=1S/C14H15BrFN5/c15-12-7-18-14(19-8-12)21-3-1-20(2-4-21)10-11-5-13(16)9-17-6-11/h5-9H,1-4,10H2. The lowest BCUT2D eigenvalue weighted by atomic mass is 10.2. The molecule has 0 unspecified atom stereocenters. The van der Waals surface area contributed by atoms with Gasteiger partial charge in [-0.05, 0) is 27.6 Å². The summed E-state index contributed by atoms with van der Waals surface area (Å²) in [7, 11) is 0. The van der Waals surface area contributed by atoms with Crippen molar-refractivity contribution in [1.82, 2.24) is 19.9 Å². The molecule has 0 amide bonds. The number of piperazine rings is 1. The minimum Gasteiger partial charge on any atom is -0.338 e. The van der Waals surface area contributed by atoms with E-state index in [2.05, 4.69) is 40.7 Å². The minimum absolute atomic E-state index is 0.283. The highest BCUT2D eigenvalue weighted by molar-refractivity contribution is 9.10. The highest BCUT2D eigenvalue weighted by atomic mass is 79.9. The number of hydrogen-bond donors (Lipinski definition) is 0. The van der Waals surface area contributed by atoms with Crippen LogP contribution in [0.2, 0.25) is 0 Å². The molecule has 2 aromatic rings. The Morgan fingerprint density at radius 1 is 1.05 bits per heavy atom. The molecule has 1 aliphatic rings. The van der Waals surface area contributed by atoms with Gasteiger partial charge in [-0.1, -0.05) is 0 Å². The molecule has 0 saturated carbocycles. The van der Waals surface area contributed by atoms with Gasteiger partial charge in [0.05, 0.1) is 10.7 Å². The van der Waals surface area contributed by atoms with Crippen molar-refractivity contribution in [2.45, 2.75) is 6.54 Å². The third kappa shape index (κ3) is 3.74. The van der Waals surface area contributed by atoms with Crippen LogP contribution in [0, 0.1) is 5.82 Å². The van der Waals surface area contributed by atoms with Gasteiger partial charge in [-0.2, -0.15) is 0 Å². The van der Waals surface area contributed by atoms with Crippen LogP contribution in [0.25, 0.3) is 0 Å². The molecule has 21 heavy (non-hydrogen) atoms. The van der Waals surface area contributed by atoms with Crippen molar-refractivity contribution in [2.75, 3.05) is 31.1 Å². The fourth-order valence-corrected chi connectivity index (χ4v) is 2.58. The Hall–Kier alpha value is -1.60. The van der Waals surface area contributed by atoms with Crippen LogP contribution in [0.1, 0.15) is 5.56 Å². The Balaban J connectivity index is 1.56. The first-order valence-corrected chi connectivity index (χ1v) is 7.54. The maximum absolute atomic E-state index is 13.1. The van der Waals surface area contributed by atoms with Crippen molar-refractivity contribution < 1.29 is 4.39 Å². The van der Waals surface area contributed by atoms with Crippen LogP contribution in [-0.2, 0) is 6.54 Å². The van der Waals surface area contributed by atoms with Gasteiger partial charge in [-0.3, -0.25) is 9.88 Å². The molecular formula is C14H15BrFN5. The lowest BCUT2D eigenvalue weighted by Crippen LogP contribution is -2.46. The first-order chi connectivity index (χ1) is 10.2. The minimum atomic E-state index is -0.283. The molecule has 0 radical (unpaired) electrons. The second-order valence-electron chi connectivity index (χ2n) is 4.98. The zero-order chi connectivity index (χ0) is 14.7. The van der Waals surface area contributed by atoms with Crippen LogP contribution in [0.5, 0.6) is 0 Å². The second-order valence-corrected chi connectivity index (χ2v) is 5.89. The molecule has 0 spiro atoms. The van der Waals surface area contributed by atoms with E-state index in [1.54, 1.807) is 18.6 Å². The molecule has 0 atom stereocenters. The van der Waals surface area contributed by atoms with E-state index in [0.717, 1.165) is 48.7 Å². The largest absolute Gasteiger partial charge is 0.338 e. The zero-order valence-electron chi connectivity index (χ0n) is 11.4. The van der Waals surface area contributed by atoms with Crippen molar-refractivity contribution in [3.63, 3.8) is 0 Å². The number of rotatable bonds is 3. The second kappa shape index (κ2) is 6.44. The van der Waals surface area contributed by atoms with E-state index in [9.17, 15) is 4.39 Å². The average molecular weight is 352 g/mol. The van der Waals surface area contributed by atoms with E-state index in [-0.39, 0.29) is 5.82 Å². The Kier molecular flexibility index (Phi) is 4.40. The Bertz CT molecular complexity index is 599. The lowest BCUT2D eigenvalue weighted by Gasteiger charge is -2.34. The summed E-state index contributed by atoms with van der Waals surface area (Å²) in [5, 5.41) is 0. The molecule has 5 nitrogen and oxygen atoms in total. The van der Waals surface area contributed by atoms with Crippen LogP contribution in [0.15, 0.2) is 35.3 Å². The summed E-state index contributed by atoms with van der Waals surface area (Å²) in [4.78, 5) is 17.0. The molecule has 0 N–H and O–H groups in total. The molecule has 3 rings (SSSR count). The summed E-state index contributed by atoms with van der Waals surface area (Å²) < 4.78 is 14.0. The summed E-state index contributed by atoms with van der Waals surface area (Å²) in [5.74, 6) is 0.472. The molecule has 0 aromatic carbocycles. The number of pyridine rings is 1. The maximum Gasteiger partial charge on any atom is 0.225 e. The molecule has 110 valence electrons. The number of anilines is 1. The summed E-state index contributed by atoms with van der Waals surface area (Å²) >= 11 is 3.33. The monoisotopic (exact) mass is 351 g/mol. The van der Waals surface area contributed by atoms with Crippen molar-refractivity contribution in [1.29, 1.82) is 0 Å². The van der Waals surface area contributed by atoms with Crippen molar-refractivity contribution in [2.24, 2.45) is 0 Å². The highest BCUT2D eigenvalue weighted by Crippen LogP contribution is 2.14. The van der Waals surface area contributed by atoms with E-state index < -0.39 is 0 Å². The smallest absolute Gasteiger partial charge is 0.225 e. The summed E-state index contributed by atoms with van der Waals surface area (Å²) in [6.45, 7) is 4.25. The molecule has 0 bridgehead atoms. The van der Waals surface area contributed by atoms with E-state index in [1.807, 2.05) is 0 Å². The predicted molar refractivity (Wildman–Crippen MR) is 81.4 cm³/mol. The molecule has 2 aromatic heterocycles. The average Bonchev–Trinajstić information content (AvgIpc) is 2.49. The Labute approximate surface area is 131 Å². The molecule has 3 heterocycles. The van der Waals surface area contributed by atoms with Gasteiger partial charge in [0, 0.05) is 51.3 Å². The van der Waals surface area contributed by atoms with E-state index >= 15 is 0 Å². The van der Waals surface area contributed by atoms with Crippen LogP contribution >= 0.6 is 15.9 Å². The molecule has 1 aliphatic heterocycles. The van der Waals surface area contributed by atoms with Gasteiger partial charge >= 0.3 is 0 Å². The van der Waals surface area contributed by atoms with Crippen LogP contribution < -0.4 is 4.90 Å². The predicted octanol–water partition coefficient (Wildman–Crippen LogP) is 2.10. The quantitative estimate of drug-likeness (QED) is 0.847. The lowest BCUT2D eigenvalue weighted by molar-refractivity contribution is 0.248. The molecule has 0 aliphatic carbocycles. The number of aromatic nitrogens is 3. The van der Waals surface area contributed by atoms with Gasteiger partial charge in [0.1, 0.15) is 5.82 Å². The Morgan fingerprint density at radius 2 is 1.76 bits per heavy atom. The Morgan fingerprint density at radius 3 is 2.43 bits per heavy atom. The number of hydrogen-bond acceptors (Lipinski definition) is 5. The summed E-state index contributed by atoms with van der Waals surface area (Å²) in [6, 6.07) is 1.54. The van der Waals surface area contributed by atoms with Crippen LogP contribution in [0.3, 0.4) is 0 Å². The summed E-state index contributed by atoms with van der Waals surface area (Å²) in [5.41, 5.74) is 0.906. The van der Waals surface area contributed by atoms with Gasteiger partial charge in [-0.25, -0.2) is 14.4 Å². The fourth-order valence-electron chi connectivity index (χ4n) is 2.38. The SMILES string of the molecule is Fc1cncc(CN2CCN(c3ncc(Br)cn3)CC2)c1. The zero-order valence-corrected chi connectivity index (χ0v) is 13.0. The van der Waals surface area contributed by atoms with Crippen LogP contribution in [0.4, 0.5) is 10.3 Å². The summed E-state index contributed by atoms with van der Waals surface area (Å²) in [6.07, 6.45) is 6.46. The van der Waals surface area contributed by atoms with Crippen LogP contribution in [-0.4, -0.2) is 46.0 Å². The van der Waals surface area contributed by atoms with Crippen molar-refractivity contribution >= 4 is 21.9 Å². The highest BCUT2D eigenvalue weighted by Gasteiger charge is 2.19. The van der Waals surface area contributed by atoms with E-state index in [4.69, 9.17) is 0 Å². The van der Waals surface area contributed by atoms with E-state index in [1.165, 1.54) is 12.3 Å². The fraction of sp³-hybridized carbons (Fsp3) is 0.357. The number of nitrogens with zero attached hydrogens (tertiary/aromatic N) is 5. The van der Waals surface area contributed by atoms with Crippen molar-refractivity contribution in [3.8, 4) is 0 Å². The van der Waals surface area contributed by atoms with Gasteiger partial charge < -0.3 is 4.90 Å². The first kappa shape index (κ1) is 14.3. The first-order valence-electron chi connectivity index (χ1n) is 6.75. The third-order valence-electron chi connectivity index (χ3n) is 3.43. The van der Waals surface area contributed by atoms with Crippen molar-refractivity contribution in [3.05, 3.63) is 46.7 Å². The van der Waals surface area contributed by atoms with Gasteiger partial charge in [0.15, 0.2) is 0 Å². The normalized spacial score (nSPS) is 16.2. The molecule has 1 saturated heterocycles. The van der Waals surface area contributed by atoms with E-state index in [0.29, 0.717) is 0 Å². The third-order valence-corrected chi connectivity index (χ3v) is 3.84.